The lowest BCUT2D eigenvalue weighted by molar-refractivity contribution is -0.121. The molecule has 2 N–H and O–H groups in total. The van der Waals surface area contributed by atoms with Gasteiger partial charge in [-0.25, -0.2) is 9.67 Å². The van der Waals surface area contributed by atoms with Gasteiger partial charge in [-0.1, -0.05) is 26.0 Å². The van der Waals surface area contributed by atoms with Crippen LogP contribution >= 0.6 is 24.0 Å². The van der Waals surface area contributed by atoms with Crippen LogP contribution in [0.25, 0.3) is 0 Å². The number of amides is 1. The number of ether oxygens (including phenoxy) is 1. The van der Waals surface area contributed by atoms with Crippen molar-refractivity contribution in [1.29, 1.82) is 0 Å². The number of hydrogen-bond acceptors (Lipinski definition) is 5. The summed E-state index contributed by atoms with van der Waals surface area (Å²) in [6.45, 7) is 6.46. The lowest BCUT2D eigenvalue weighted by Gasteiger charge is -2.29. The van der Waals surface area contributed by atoms with Crippen molar-refractivity contribution in [3.63, 3.8) is 0 Å². The predicted octanol–water partition coefficient (Wildman–Crippen LogP) is 2.31. The van der Waals surface area contributed by atoms with Gasteiger partial charge >= 0.3 is 0 Å². The van der Waals surface area contributed by atoms with Crippen molar-refractivity contribution in [1.82, 2.24) is 25.4 Å². The number of nitrogens with one attached hydrogen (secondary N) is 2. The fraction of sp³-hybridized carbons (Fsp3) is 0.545. The first-order chi connectivity index (χ1) is 15.0. The second-order valence-corrected chi connectivity index (χ2v) is 8.26. The van der Waals surface area contributed by atoms with Crippen LogP contribution in [-0.4, -0.2) is 59.4 Å². The van der Waals surface area contributed by atoms with Crippen LogP contribution in [0, 0.1) is 0 Å². The van der Waals surface area contributed by atoms with Gasteiger partial charge in [0, 0.05) is 38.5 Å². The Morgan fingerprint density at radius 2 is 2.16 bits per heavy atom. The molecule has 174 valence electrons. The van der Waals surface area contributed by atoms with Gasteiger partial charge in [0.2, 0.25) is 0 Å². The minimum atomic E-state index is -0.00665. The Morgan fingerprint density at radius 3 is 2.94 bits per heavy atom. The molecule has 2 aliphatic heterocycles. The van der Waals surface area contributed by atoms with Crippen molar-refractivity contribution in [2.75, 3.05) is 31.6 Å². The van der Waals surface area contributed by atoms with Gasteiger partial charge < -0.3 is 20.3 Å². The van der Waals surface area contributed by atoms with E-state index in [9.17, 15) is 4.79 Å². The molecule has 32 heavy (non-hydrogen) atoms. The van der Waals surface area contributed by atoms with Crippen molar-refractivity contribution < 1.29 is 9.53 Å². The van der Waals surface area contributed by atoms with E-state index in [0.717, 1.165) is 54.9 Å². The van der Waals surface area contributed by atoms with Crippen molar-refractivity contribution in [3.8, 4) is 5.75 Å². The average molecular weight is 553 g/mol. The molecule has 1 aromatic carbocycles. The Morgan fingerprint density at radius 1 is 1.34 bits per heavy atom. The number of aliphatic imine (C=N–C) groups is 1. The molecule has 0 aliphatic carbocycles. The van der Waals surface area contributed by atoms with Gasteiger partial charge in [-0.05, 0) is 25.0 Å². The first kappa shape index (κ1) is 24.3. The molecule has 3 heterocycles. The number of aromatic nitrogens is 3. The summed E-state index contributed by atoms with van der Waals surface area (Å²) in [6.07, 6.45) is 2.71. The van der Waals surface area contributed by atoms with E-state index < -0.39 is 0 Å². The molecule has 2 aromatic rings. The summed E-state index contributed by atoms with van der Waals surface area (Å²) in [5.41, 5.74) is 0.841. The third-order valence-electron chi connectivity index (χ3n) is 5.61. The third-order valence-corrected chi connectivity index (χ3v) is 5.61. The lowest BCUT2D eigenvalue weighted by atomic mass is 10.1. The SMILES string of the molecule is CN=C(NCCCN1C(=O)COc2ccccc21)NC1CCc2nc(C(C)C)nn2C1.I. The Labute approximate surface area is 206 Å². The van der Waals surface area contributed by atoms with Gasteiger partial charge in [0.1, 0.15) is 11.6 Å². The zero-order valence-corrected chi connectivity index (χ0v) is 21.2. The Balaban J connectivity index is 0.00000289. The second-order valence-electron chi connectivity index (χ2n) is 8.26. The number of carbonyl (C=O) groups is 1. The van der Waals surface area contributed by atoms with Crippen molar-refractivity contribution in [2.24, 2.45) is 4.99 Å². The van der Waals surface area contributed by atoms with E-state index in [-0.39, 0.29) is 42.5 Å². The lowest BCUT2D eigenvalue weighted by Crippen LogP contribution is -2.47. The smallest absolute Gasteiger partial charge is 0.265 e. The number of aryl methyl sites for hydroxylation is 1. The molecule has 0 bridgehead atoms. The van der Waals surface area contributed by atoms with E-state index in [1.54, 1.807) is 11.9 Å². The predicted molar refractivity (Wildman–Crippen MR) is 135 cm³/mol. The maximum absolute atomic E-state index is 12.3. The number of anilines is 1. The quantitative estimate of drug-likeness (QED) is 0.247. The molecule has 0 saturated heterocycles. The minimum Gasteiger partial charge on any atom is -0.482 e. The van der Waals surface area contributed by atoms with E-state index in [0.29, 0.717) is 19.0 Å². The Bertz CT molecular complexity index is 960. The average Bonchev–Trinajstić information content (AvgIpc) is 3.21. The summed E-state index contributed by atoms with van der Waals surface area (Å²) >= 11 is 0. The molecule has 1 amide bonds. The Kier molecular flexibility index (Phi) is 8.32. The zero-order valence-electron chi connectivity index (χ0n) is 18.9. The van der Waals surface area contributed by atoms with E-state index in [1.807, 2.05) is 28.9 Å². The molecule has 0 spiro atoms. The summed E-state index contributed by atoms with van der Waals surface area (Å²) in [5.74, 6) is 3.85. The maximum atomic E-state index is 12.3. The van der Waals surface area contributed by atoms with Crippen molar-refractivity contribution in [3.05, 3.63) is 35.9 Å². The fourth-order valence-corrected chi connectivity index (χ4v) is 3.92. The van der Waals surface area contributed by atoms with Crippen molar-refractivity contribution >= 4 is 41.5 Å². The first-order valence-corrected chi connectivity index (χ1v) is 11.0. The highest BCUT2D eigenvalue weighted by Crippen LogP contribution is 2.31. The van der Waals surface area contributed by atoms with Gasteiger partial charge in [-0.15, -0.1) is 24.0 Å². The molecule has 0 fully saturated rings. The number of fused-ring (bicyclic) bond motifs is 2. The van der Waals surface area contributed by atoms with E-state index in [1.165, 1.54) is 0 Å². The summed E-state index contributed by atoms with van der Waals surface area (Å²) in [5, 5.41) is 11.5. The number of nitrogens with zero attached hydrogens (tertiary/aromatic N) is 5. The topological polar surface area (TPSA) is 96.7 Å². The Hall–Kier alpha value is -2.37. The highest BCUT2D eigenvalue weighted by Gasteiger charge is 2.25. The van der Waals surface area contributed by atoms with Crippen LogP contribution in [-0.2, 0) is 17.8 Å². The monoisotopic (exact) mass is 553 g/mol. The van der Waals surface area contributed by atoms with Gasteiger partial charge in [0.15, 0.2) is 18.4 Å². The molecule has 1 unspecified atom stereocenters. The highest BCUT2D eigenvalue weighted by atomic mass is 127. The molecule has 4 rings (SSSR count). The number of para-hydroxylation sites is 2. The van der Waals surface area contributed by atoms with Crippen LogP contribution in [0.15, 0.2) is 29.3 Å². The molecule has 10 heteroatoms. The largest absolute Gasteiger partial charge is 0.482 e. The molecular weight excluding hydrogens is 521 g/mol. The number of carbonyl (C=O) groups excluding carboxylic acids is 1. The van der Waals surface area contributed by atoms with Crippen LogP contribution in [0.2, 0.25) is 0 Å². The second kappa shape index (κ2) is 11.0. The van der Waals surface area contributed by atoms with Gasteiger partial charge in [-0.2, -0.15) is 5.10 Å². The van der Waals surface area contributed by atoms with Gasteiger partial charge in [0.05, 0.1) is 12.2 Å². The zero-order chi connectivity index (χ0) is 21.8. The van der Waals surface area contributed by atoms with Gasteiger partial charge in [0.25, 0.3) is 5.91 Å². The van der Waals surface area contributed by atoms with Crippen LogP contribution in [0.1, 0.15) is 44.3 Å². The summed E-state index contributed by atoms with van der Waals surface area (Å²) in [6, 6.07) is 7.92. The minimum absolute atomic E-state index is 0. The maximum Gasteiger partial charge on any atom is 0.265 e. The summed E-state index contributed by atoms with van der Waals surface area (Å²) in [7, 11) is 1.78. The number of guanidine groups is 1. The molecular formula is C22H32IN7O2. The van der Waals surface area contributed by atoms with Gasteiger partial charge in [-0.3, -0.25) is 9.79 Å². The molecule has 9 nitrogen and oxygen atoms in total. The number of halogens is 1. The normalized spacial score (nSPS) is 17.9. The van der Waals surface area contributed by atoms with Crippen LogP contribution in [0.5, 0.6) is 5.75 Å². The molecule has 0 saturated carbocycles. The van der Waals surface area contributed by atoms with Crippen LogP contribution in [0.4, 0.5) is 5.69 Å². The van der Waals surface area contributed by atoms with E-state index >= 15 is 0 Å². The van der Waals surface area contributed by atoms with Crippen LogP contribution < -0.4 is 20.3 Å². The molecule has 2 aliphatic rings. The molecule has 1 atom stereocenters. The number of benzene rings is 1. The van der Waals surface area contributed by atoms with Crippen molar-refractivity contribution in [2.45, 2.75) is 51.6 Å². The summed E-state index contributed by atoms with van der Waals surface area (Å²) < 4.78 is 7.52. The summed E-state index contributed by atoms with van der Waals surface area (Å²) in [4.78, 5) is 23.1. The number of rotatable bonds is 6. The van der Waals surface area contributed by atoms with Crippen LogP contribution in [0.3, 0.4) is 0 Å². The van der Waals surface area contributed by atoms with E-state index in [2.05, 4.69) is 39.6 Å². The molecule has 1 aromatic heterocycles. The van der Waals surface area contributed by atoms with E-state index in [4.69, 9.17) is 4.74 Å². The standard InChI is InChI=1S/C22H31N7O2.HI/c1-15(2)21-26-19-10-9-16(13-29(19)27-21)25-22(23-3)24-11-6-12-28-17-7-4-5-8-18(17)31-14-20(28)30;/h4-5,7-8,15-16H,6,9-14H2,1-3H3,(H2,23,24,25);1H. The third kappa shape index (κ3) is 5.51. The highest BCUT2D eigenvalue weighted by molar-refractivity contribution is 14.0. The first-order valence-electron chi connectivity index (χ1n) is 11.0. The number of hydrogen-bond donors (Lipinski definition) is 2. The fourth-order valence-electron chi connectivity index (χ4n) is 3.92. The molecule has 0 radical (unpaired) electrons.